The number of benzene rings is 1. The van der Waals surface area contributed by atoms with E-state index in [1.165, 1.54) is 13.2 Å². The third kappa shape index (κ3) is 5.04. The van der Waals surface area contributed by atoms with Crippen LogP contribution < -0.4 is 9.47 Å². The highest BCUT2D eigenvalue weighted by atomic mass is 16.5. The Morgan fingerprint density at radius 2 is 2.11 bits per heavy atom. The Morgan fingerprint density at radius 1 is 1.32 bits per heavy atom. The van der Waals surface area contributed by atoms with E-state index in [0.29, 0.717) is 12.4 Å². The van der Waals surface area contributed by atoms with Gasteiger partial charge >= 0.3 is 5.97 Å². The molecular formula is C15H20O4. The highest BCUT2D eigenvalue weighted by Crippen LogP contribution is 2.26. The van der Waals surface area contributed by atoms with Crippen molar-refractivity contribution in [2.24, 2.45) is 0 Å². The number of carbonyl (C=O) groups is 1. The zero-order valence-corrected chi connectivity index (χ0v) is 11.6. The molecule has 4 heteroatoms. The summed E-state index contributed by atoms with van der Waals surface area (Å²) in [7, 11) is 2.93. The number of unbranched alkanes of at least 4 members (excludes halogenated alkanes) is 1. The summed E-state index contributed by atoms with van der Waals surface area (Å²) in [6, 6.07) is 5.52. The van der Waals surface area contributed by atoms with Gasteiger partial charge in [0.05, 0.1) is 20.8 Å². The molecule has 0 heterocycles. The molecule has 0 unspecified atom stereocenters. The smallest absolute Gasteiger partial charge is 0.330 e. The van der Waals surface area contributed by atoms with E-state index in [4.69, 9.17) is 9.47 Å². The number of ether oxygens (including phenoxy) is 3. The number of carbonyl (C=O) groups excluding carboxylic acids is 1. The number of methoxy groups -OCH3 is 2. The fraction of sp³-hybridized carbons (Fsp3) is 0.400. The monoisotopic (exact) mass is 264 g/mol. The minimum atomic E-state index is -0.398. The highest BCUT2D eigenvalue weighted by molar-refractivity contribution is 5.87. The van der Waals surface area contributed by atoms with E-state index in [1.54, 1.807) is 13.2 Å². The lowest BCUT2D eigenvalue weighted by Crippen LogP contribution is -1.98. The van der Waals surface area contributed by atoms with Crippen LogP contribution in [0.5, 0.6) is 11.5 Å². The maximum atomic E-state index is 11.1. The van der Waals surface area contributed by atoms with Crippen molar-refractivity contribution in [2.75, 3.05) is 20.8 Å². The third-order valence-corrected chi connectivity index (χ3v) is 2.57. The molecule has 0 aliphatic rings. The summed E-state index contributed by atoms with van der Waals surface area (Å²) in [4.78, 5) is 11.1. The molecule has 0 atom stereocenters. The Balaban J connectivity index is 2.78. The van der Waals surface area contributed by atoms with Crippen molar-refractivity contribution in [3.8, 4) is 11.5 Å². The summed E-state index contributed by atoms with van der Waals surface area (Å²) < 4.78 is 15.4. The van der Waals surface area contributed by atoms with Crippen molar-refractivity contribution >= 4 is 12.0 Å². The molecule has 19 heavy (non-hydrogen) atoms. The van der Waals surface area contributed by atoms with E-state index >= 15 is 0 Å². The fourth-order valence-electron chi connectivity index (χ4n) is 1.48. The molecule has 0 fully saturated rings. The maximum Gasteiger partial charge on any atom is 0.330 e. The molecule has 0 radical (unpaired) electrons. The van der Waals surface area contributed by atoms with Crippen LogP contribution in [0, 0.1) is 0 Å². The zero-order valence-electron chi connectivity index (χ0n) is 11.6. The predicted octanol–water partition coefficient (Wildman–Crippen LogP) is 3.06. The van der Waals surface area contributed by atoms with Gasteiger partial charge in [-0.05, 0) is 24.6 Å². The van der Waals surface area contributed by atoms with Crippen LogP contribution in [0.3, 0.4) is 0 Å². The molecule has 104 valence electrons. The average molecular weight is 264 g/mol. The topological polar surface area (TPSA) is 44.8 Å². The van der Waals surface area contributed by atoms with Gasteiger partial charge in [-0.1, -0.05) is 13.3 Å². The second kappa shape index (κ2) is 8.19. The minimum absolute atomic E-state index is 0.398. The molecule has 0 amide bonds. The number of esters is 1. The Hall–Kier alpha value is -1.97. The second-order valence-electron chi connectivity index (χ2n) is 3.96. The Bertz CT molecular complexity index is 438. The van der Waals surface area contributed by atoms with Crippen LogP contribution in [0.25, 0.3) is 6.08 Å². The first kappa shape index (κ1) is 15.1. The minimum Gasteiger partial charge on any atom is -0.496 e. The van der Waals surface area contributed by atoms with Crippen molar-refractivity contribution in [2.45, 2.75) is 19.8 Å². The molecule has 1 aromatic carbocycles. The first-order valence-corrected chi connectivity index (χ1v) is 6.28. The summed E-state index contributed by atoms with van der Waals surface area (Å²) in [5, 5.41) is 0. The lowest BCUT2D eigenvalue weighted by Gasteiger charge is -2.09. The molecule has 1 aromatic rings. The molecule has 0 saturated carbocycles. The quantitative estimate of drug-likeness (QED) is 0.431. The second-order valence-corrected chi connectivity index (χ2v) is 3.96. The molecule has 0 saturated heterocycles. The first-order valence-electron chi connectivity index (χ1n) is 6.28. The lowest BCUT2D eigenvalue weighted by molar-refractivity contribution is -0.134. The van der Waals surface area contributed by atoms with Crippen LogP contribution in [0.4, 0.5) is 0 Å². The zero-order chi connectivity index (χ0) is 14.1. The van der Waals surface area contributed by atoms with Gasteiger partial charge in [-0.2, -0.15) is 0 Å². The van der Waals surface area contributed by atoms with Gasteiger partial charge in [-0.3, -0.25) is 0 Å². The molecule has 0 spiro atoms. The standard InChI is InChI=1S/C15H20O4/c1-4-5-10-19-13-8-6-12(14(11-13)17-2)7-9-15(16)18-3/h6-9,11H,4-5,10H2,1-3H3/b9-7+. The van der Waals surface area contributed by atoms with Gasteiger partial charge in [0, 0.05) is 17.7 Å². The number of rotatable bonds is 7. The third-order valence-electron chi connectivity index (χ3n) is 2.57. The van der Waals surface area contributed by atoms with Crippen molar-refractivity contribution in [3.63, 3.8) is 0 Å². The fourth-order valence-corrected chi connectivity index (χ4v) is 1.48. The summed E-state index contributed by atoms with van der Waals surface area (Å²) in [6.07, 6.45) is 5.12. The first-order chi connectivity index (χ1) is 9.21. The molecular weight excluding hydrogens is 244 g/mol. The van der Waals surface area contributed by atoms with Crippen LogP contribution >= 0.6 is 0 Å². The van der Waals surface area contributed by atoms with Crippen molar-refractivity contribution in [1.29, 1.82) is 0 Å². The molecule has 0 aliphatic carbocycles. The van der Waals surface area contributed by atoms with E-state index in [9.17, 15) is 4.79 Å². The predicted molar refractivity (Wildman–Crippen MR) is 74.4 cm³/mol. The van der Waals surface area contributed by atoms with Gasteiger partial charge in [-0.25, -0.2) is 4.79 Å². The van der Waals surface area contributed by atoms with E-state index in [2.05, 4.69) is 11.7 Å². The van der Waals surface area contributed by atoms with Crippen LogP contribution in [0.2, 0.25) is 0 Å². The van der Waals surface area contributed by atoms with E-state index in [-0.39, 0.29) is 0 Å². The number of hydrogen-bond donors (Lipinski definition) is 0. The van der Waals surface area contributed by atoms with Crippen LogP contribution in [0.1, 0.15) is 25.3 Å². The lowest BCUT2D eigenvalue weighted by atomic mass is 10.1. The summed E-state index contributed by atoms with van der Waals surface area (Å²) >= 11 is 0. The average Bonchev–Trinajstić information content (AvgIpc) is 2.45. The van der Waals surface area contributed by atoms with E-state index in [0.717, 1.165) is 24.2 Å². The van der Waals surface area contributed by atoms with Crippen molar-refractivity contribution in [3.05, 3.63) is 29.8 Å². The van der Waals surface area contributed by atoms with E-state index in [1.807, 2.05) is 18.2 Å². The van der Waals surface area contributed by atoms with Crippen molar-refractivity contribution < 1.29 is 19.0 Å². The maximum absolute atomic E-state index is 11.1. The molecule has 1 rings (SSSR count). The van der Waals surface area contributed by atoms with Gasteiger partial charge in [-0.15, -0.1) is 0 Å². The van der Waals surface area contributed by atoms with Gasteiger partial charge in [0.15, 0.2) is 0 Å². The van der Waals surface area contributed by atoms with Gasteiger partial charge < -0.3 is 14.2 Å². The molecule has 4 nitrogen and oxygen atoms in total. The molecule has 0 aromatic heterocycles. The normalized spacial score (nSPS) is 10.5. The Kier molecular flexibility index (Phi) is 6.50. The van der Waals surface area contributed by atoms with Gasteiger partial charge in [0.25, 0.3) is 0 Å². The molecule has 0 aliphatic heterocycles. The van der Waals surface area contributed by atoms with Gasteiger partial charge in [0.2, 0.25) is 0 Å². The van der Waals surface area contributed by atoms with E-state index < -0.39 is 5.97 Å². The summed E-state index contributed by atoms with van der Waals surface area (Å²) in [6.45, 7) is 2.81. The largest absolute Gasteiger partial charge is 0.496 e. The number of hydrogen-bond acceptors (Lipinski definition) is 4. The van der Waals surface area contributed by atoms with Crippen LogP contribution in [-0.2, 0) is 9.53 Å². The Morgan fingerprint density at radius 3 is 2.74 bits per heavy atom. The van der Waals surface area contributed by atoms with Crippen molar-refractivity contribution in [1.82, 2.24) is 0 Å². The van der Waals surface area contributed by atoms with Crippen LogP contribution in [-0.4, -0.2) is 26.8 Å². The molecule has 0 N–H and O–H groups in total. The Labute approximate surface area is 114 Å². The van der Waals surface area contributed by atoms with Gasteiger partial charge in [0.1, 0.15) is 11.5 Å². The SMILES string of the molecule is CCCCOc1ccc(/C=C/C(=O)OC)c(OC)c1. The molecule has 0 bridgehead atoms. The summed E-state index contributed by atoms with van der Waals surface area (Å²) in [5.41, 5.74) is 0.802. The highest BCUT2D eigenvalue weighted by Gasteiger charge is 2.03. The summed E-state index contributed by atoms with van der Waals surface area (Å²) in [5.74, 6) is 1.03. The van der Waals surface area contributed by atoms with Crippen LogP contribution in [0.15, 0.2) is 24.3 Å².